The molecule has 0 radical (unpaired) electrons. The van der Waals surface area contributed by atoms with Gasteiger partial charge in [-0.05, 0) is 26.0 Å². The summed E-state index contributed by atoms with van der Waals surface area (Å²) in [5.41, 5.74) is 3.67. The van der Waals surface area contributed by atoms with Gasteiger partial charge in [-0.15, -0.1) is 0 Å². The molecule has 0 bridgehead atoms. The molecule has 1 fully saturated rings. The number of amides is 1. The Morgan fingerprint density at radius 1 is 1.15 bits per heavy atom. The van der Waals surface area contributed by atoms with Crippen molar-refractivity contribution in [3.05, 3.63) is 48.2 Å². The minimum absolute atomic E-state index is 0.165. The molecular formula is C23H26N8O2. The quantitative estimate of drug-likeness (QED) is 0.486. The number of nitrogens with zero attached hydrogens (tertiary/aromatic N) is 7. The lowest BCUT2D eigenvalue weighted by Gasteiger charge is -2.13. The number of pyridine rings is 1. The minimum atomic E-state index is 0.165. The molecule has 0 aliphatic carbocycles. The van der Waals surface area contributed by atoms with Gasteiger partial charge in [-0.25, -0.2) is 14.5 Å². The molecule has 5 rings (SSSR count). The van der Waals surface area contributed by atoms with Gasteiger partial charge in [0.25, 0.3) is 0 Å². The summed E-state index contributed by atoms with van der Waals surface area (Å²) in [6.45, 7) is 5.00. The molecule has 5 heterocycles. The maximum absolute atomic E-state index is 11.8. The summed E-state index contributed by atoms with van der Waals surface area (Å²) in [5.74, 6) is 3.17. The molecule has 170 valence electrons. The van der Waals surface area contributed by atoms with E-state index in [1.54, 1.807) is 15.8 Å². The van der Waals surface area contributed by atoms with Crippen LogP contribution >= 0.6 is 0 Å². The Bertz CT molecular complexity index is 1320. The zero-order valence-corrected chi connectivity index (χ0v) is 19.1. The average Bonchev–Trinajstić information content (AvgIpc) is 3.41. The molecule has 10 nitrogen and oxygen atoms in total. The van der Waals surface area contributed by atoms with E-state index in [0.717, 1.165) is 29.0 Å². The van der Waals surface area contributed by atoms with E-state index in [4.69, 9.17) is 4.74 Å². The molecule has 1 amide bonds. The molecule has 0 spiro atoms. The number of carbonyl (C=O) groups is 1. The minimum Gasteiger partial charge on any atom is -0.489 e. The summed E-state index contributed by atoms with van der Waals surface area (Å²) in [7, 11) is 3.72. The molecule has 0 aromatic carbocycles. The van der Waals surface area contributed by atoms with E-state index in [1.165, 1.54) is 0 Å². The number of anilines is 2. The third-order valence-electron chi connectivity index (χ3n) is 5.76. The summed E-state index contributed by atoms with van der Waals surface area (Å²) >= 11 is 0. The number of aromatic nitrogens is 6. The number of hydrogen-bond acceptors (Lipinski definition) is 7. The van der Waals surface area contributed by atoms with Crippen molar-refractivity contribution >= 4 is 23.1 Å². The van der Waals surface area contributed by atoms with E-state index < -0.39 is 0 Å². The third-order valence-corrected chi connectivity index (χ3v) is 5.76. The SMILES string of the molecule is Cc1cc(Nc2cc3cc(-c4c(OC[C@@H]5CC(=O)N(C)C5)cnn4C)ccn3n2)nc(C)n1. The Morgan fingerprint density at radius 2 is 2.00 bits per heavy atom. The van der Waals surface area contributed by atoms with E-state index in [9.17, 15) is 4.79 Å². The first-order chi connectivity index (χ1) is 15.9. The number of aryl methyl sites for hydroxylation is 3. The van der Waals surface area contributed by atoms with Crippen LogP contribution < -0.4 is 10.1 Å². The fourth-order valence-corrected chi connectivity index (χ4v) is 4.24. The normalized spacial score (nSPS) is 16.1. The van der Waals surface area contributed by atoms with Gasteiger partial charge < -0.3 is 15.0 Å². The lowest BCUT2D eigenvalue weighted by atomic mass is 10.1. The molecule has 1 atom stereocenters. The standard InChI is InChI=1S/C23H26N8O2/c1-14-7-20(26-15(2)25-14)27-21-10-18-9-17(5-6-31(18)28-21)23-19(11-24-30(23)4)33-13-16-8-22(32)29(3)12-16/h5-7,9-11,16H,8,12-13H2,1-4H3,(H,25,26,27,28)/t16-/m1/s1. The second kappa shape index (κ2) is 8.19. The van der Waals surface area contributed by atoms with E-state index in [-0.39, 0.29) is 11.8 Å². The molecule has 33 heavy (non-hydrogen) atoms. The number of ether oxygens (including phenoxy) is 1. The van der Waals surface area contributed by atoms with E-state index in [2.05, 4.69) is 25.5 Å². The van der Waals surface area contributed by atoms with Crippen LogP contribution in [0, 0.1) is 19.8 Å². The number of fused-ring (bicyclic) bond motifs is 1. The average molecular weight is 447 g/mol. The Labute approximate surface area is 191 Å². The highest BCUT2D eigenvalue weighted by atomic mass is 16.5. The number of likely N-dealkylation sites (tertiary alicyclic amines) is 1. The van der Waals surface area contributed by atoms with Crippen molar-refractivity contribution in [1.29, 1.82) is 0 Å². The Hall–Kier alpha value is -3.95. The fourth-order valence-electron chi connectivity index (χ4n) is 4.24. The number of nitrogens with one attached hydrogen (secondary N) is 1. The van der Waals surface area contributed by atoms with Crippen LogP contribution in [0.2, 0.25) is 0 Å². The van der Waals surface area contributed by atoms with Crippen LogP contribution in [-0.4, -0.2) is 60.4 Å². The molecule has 4 aromatic rings. The van der Waals surface area contributed by atoms with Crippen LogP contribution in [-0.2, 0) is 11.8 Å². The zero-order chi connectivity index (χ0) is 23.1. The zero-order valence-electron chi connectivity index (χ0n) is 19.1. The second-order valence-corrected chi connectivity index (χ2v) is 8.52. The Kier molecular flexibility index (Phi) is 5.20. The first-order valence-corrected chi connectivity index (χ1v) is 10.8. The van der Waals surface area contributed by atoms with Crippen LogP contribution in [0.15, 0.2) is 36.7 Å². The molecule has 10 heteroatoms. The second-order valence-electron chi connectivity index (χ2n) is 8.52. The van der Waals surface area contributed by atoms with E-state index in [1.807, 2.05) is 62.9 Å². The van der Waals surface area contributed by atoms with Crippen LogP contribution in [0.1, 0.15) is 17.9 Å². The van der Waals surface area contributed by atoms with Gasteiger partial charge in [-0.3, -0.25) is 9.48 Å². The first kappa shape index (κ1) is 20.9. The van der Waals surface area contributed by atoms with Gasteiger partial charge >= 0.3 is 0 Å². The summed E-state index contributed by atoms with van der Waals surface area (Å²) in [6, 6.07) is 7.88. The van der Waals surface area contributed by atoms with E-state index in [0.29, 0.717) is 36.2 Å². The smallest absolute Gasteiger partial charge is 0.222 e. The third kappa shape index (κ3) is 4.23. The molecule has 0 saturated carbocycles. The monoisotopic (exact) mass is 446 g/mol. The molecule has 1 aliphatic rings. The Morgan fingerprint density at radius 3 is 2.76 bits per heavy atom. The van der Waals surface area contributed by atoms with Crippen molar-refractivity contribution in [2.24, 2.45) is 13.0 Å². The molecule has 4 aromatic heterocycles. The highest BCUT2D eigenvalue weighted by molar-refractivity contribution is 5.78. The highest BCUT2D eigenvalue weighted by Gasteiger charge is 2.27. The summed E-state index contributed by atoms with van der Waals surface area (Å²) in [5, 5.41) is 12.2. The van der Waals surface area contributed by atoms with Crippen molar-refractivity contribution in [2.75, 3.05) is 25.5 Å². The van der Waals surface area contributed by atoms with Crippen molar-refractivity contribution in [1.82, 2.24) is 34.3 Å². The fraction of sp³-hybridized carbons (Fsp3) is 0.348. The van der Waals surface area contributed by atoms with Gasteiger partial charge in [0, 0.05) is 62.6 Å². The summed E-state index contributed by atoms with van der Waals surface area (Å²) in [4.78, 5) is 22.3. The highest BCUT2D eigenvalue weighted by Crippen LogP contribution is 2.31. The number of rotatable bonds is 6. The maximum atomic E-state index is 11.8. The topological polar surface area (TPSA) is 102 Å². The predicted octanol–water partition coefficient (Wildman–Crippen LogP) is 2.74. The van der Waals surface area contributed by atoms with Gasteiger partial charge in [0.15, 0.2) is 11.6 Å². The Balaban J connectivity index is 1.38. The molecule has 0 unspecified atom stereocenters. The van der Waals surface area contributed by atoms with Crippen molar-refractivity contribution in [3.63, 3.8) is 0 Å². The van der Waals surface area contributed by atoms with Gasteiger partial charge in [0.1, 0.15) is 17.3 Å². The van der Waals surface area contributed by atoms with Gasteiger partial charge in [-0.2, -0.15) is 10.2 Å². The van der Waals surface area contributed by atoms with Crippen molar-refractivity contribution < 1.29 is 9.53 Å². The van der Waals surface area contributed by atoms with Crippen LogP contribution in [0.25, 0.3) is 16.8 Å². The van der Waals surface area contributed by atoms with Crippen LogP contribution in [0.5, 0.6) is 5.75 Å². The van der Waals surface area contributed by atoms with Crippen LogP contribution in [0.4, 0.5) is 11.6 Å². The summed E-state index contributed by atoms with van der Waals surface area (Å²) < 4.78 is 9.71. The lowest BCUT2D eigenvalue weighted by molar-refractivity contribution is -0.126. The van der Waals surface area contributed by atoms with Gasteiger partial charge in [0.2, 0.25) is 5.91 Å². The molecule has 1 aliphatic heterocycles. The molecule has 1 N–H and O–H groups in total. The maximum Gasteiger partial charge on any atom is 0.222 e. The number of carbonyl (C=O) groups excluding carboxylic acids is 1. The largest absolute Gasteiger partial charge is 0.489 e. The van der Waals surface area contributed by atoms with Crippen LogP contribution in [0.3, 0.4) is 0 Å². The van der Waals surface area contributed by atoms with Gasteiger partial charge in [0.05, 0.1) is 18.3 Å². The number of hydrogen-bond donors (Lipinski definition) is 1. The van der Waals surface area contributed by atoms with Crippen molar-refractivity contribution in [3.8, 4) is 17.0 Å². The summed E-state index contributed by atoms with van der Waals surface area (Å²) in [6.07, 6.45) is 4.16. The van der Waals surface area contributed by atoms with E-state index >= 15 is 0 Å². The molecular weight excluding hydrogens is 420 g/mol. The first-order valence-electron chi connectivity index (χ1n) is 10.8. The lowest BCUT2D eigenvalue weighted by Crippen LogP contribution is -2.20. The van der Waals surface area contributed by atoms with Gasteiger partial charge in [-0.1, -0.05) is 0 Å². The van der Waals surface area contributed by atoms with Crippen molar-refractivity contribution in [2.45, 2.75) is 20.3 Å². The predicted molar refractivity (Wildman–Crippen MR) is 123 cm³/mol. The molecule has 1 saturated heterocycles.